The molecule has 6 nitrogen and oxygen atoms in total. The number of benzene rings is 2. The second-order valence-corrected chi connectivity index (χ2v) is 7.10. The van der Waals surface area contributed by atoms with Crippen molar-refractivity contribution in [3.8, 4) is 5.75 Å². The number of nitrogens with zero attached hydrogens (tertiary/aromatic N) is 1. The number of ether oxygens (including phenoxy) is 1. The number of aliphatic hydroxyl groups is 1. The predicted octanol–water partition coefficient (Wildman–Crippen LogP) is 2.94. The molecule has 1 aliphatic heterocycles. The van der Waals surface area contributed by atoms with E-state index in [2.05, 4.69) is 0 Å². The van der Waals surface area contributed by atoms with Gasteiger partial charge in [0, 0.05) is 34.9 Å². The molecule has 0 aromatic heterocycles. The fourth-order valence-electron chi connectivity index (χ4n) is 3.87. The van der Waals surface area contributed by atoms with Crippen LogP contribution < -0.4 is 4.74 Å². The van der Waals surface area contributed by atoms with Crippen molar-refractivity contribution in [2.45, 2.75) is 31.5 Å². The van der Waals surface area contributed by atoms with Gasteiger partial charge in [-0.3, -0.25) is 4.79 Å². The number of carboxylic acids is 1. The lowest BCUT2D eigenvalue weighted by Crippen LogP contribution is -2.59. The number of rotatable bonds is 5. The van der Waals surface area contributed by atoms with Crippen molar-refractivity contribution >= 4 is 11.9 Å². The molecule has 29 heavy (non-hydrogen) atoms. The van der Waals surface area contributed by atoms with Crippen molar-refractivity contribution in [2.24, 2.45) is 0 Å². The summed E-state index contributed by atoms with van der Waals surface area (Å²) in [7, 11) is 1.35. The van der Waals surface area contributed by atoms with Gasteiger partial charge in [0.1, 0.15) is 17.2 Å². The van der Waals surface area contributed by atoms with Gasteiger partial charge in [-0.1, -0.05) is 24.3 Å². The smallest absolute Gasteiger partial charge is 0.328 e. The van der Waals surface area contributed by atoms with Gasteiger partial charge in [-0.15, -0.1) is 0 Å². The topological polar surface area (TPSA) is 87.1 Å². The highest BCUT2D eigenvalue weighted by Crippen LogP contribution is 2.46. The van der Waals surface area contributed by atoms with Crippen molar-refractivity contribution in [2.75, 3.05) is 7.11 Å². The highest BCUT2D eigenvalue weighted by Gasteiger charge is 2.51. The molecule has 2 N–H and O–H groups in total. The highest BCUT2D eigenvalue weighted by molar-refractivity contribution is 5.98. The van der Waals surface area contributed by atoms with E-state index in [0.29, 0.717) is 5.56 Å². The van der Waals surface area contributed by atoms with Crippen LogP contribution in [0.5, 0.6) is 5.75 Å². The number of halogens is 1. The summed E-state index contributed by atoms with van der Waals surface area (Å²) in [6.07, 6.45) is 2.17. The summed E-state index contributed by atoms with van der Waals surface area (Å²) in [5.74, 6) is -2.00. The molecule has 2 unspecified atom stereocenters. The van der Waals surface area contributed by atoms with Crippen LogP contribution in [0, 0.1) is 5.82 Å². The molecule has 2 aromatic carbocycles. The molecule has 2 aromatic rings. The number of carbonyl (C=O) groups excluding carboxylic acids is 1. The van der Waals surface area contributed by atoms with E-state index in [0.717, 1.165) is 12.1 Å². The van der Waals surface area contributed by atoms with Crippen LogP contribution in [0.3, 0.4) is 0 Å². The molecule has 1 amide bonds. The monoisotopic (exact) mass is 399 g/mol. The number of carboxylic acid groups (broad SMARTS) is 1. The molecular weight excluding hydrogens is 377 g/mol. The van der Waals surface area contributed by atoms with Crippen LogP contribution in [0.2, 0.25) is 0 Å². The first-order valence-electron chi connectivity index (χ1n) is 9.11. The zero-order valence-corrected chi connectivity index (χ0v) is 16.3. The van der Waals surface area contributed by atoms with Crippen molar-refractivity contribution in [3.05, 3.63) is 77.1 Å². The van der Waals surface area contributed by atoms with Crippen molar-refractivity contribution in [1.29, 1.82) is 0 Å². The van der Waals surface area contributed by atoms with Crippen LogP contribution in [0.25, 0.3) is 0 Å². The Labute approximate surface area is 167 Å². The van der Waals surface area contributed by atoms with Crippen LogP contribution >= 0.6 is 0 Å². The van der Waals surface area contributed by atoms with E-state index in [1.165, 1.54) is 30.2 Å². The number of hydrogen-bond donors (Lipinski definition) is 2. The van der Waals surface area contributed by atoms with Gasteiger partial charge in [-0.2, -0.15) is 0 Å². The maximum atomic E-state index is 13.8. The van der Waals surface area contributed by atoms with Gasteiger partial charge < -0.3 is 19.8 Å². The Kier molecular flexibility index (Phi) is 5.44. The predicted molar refractivity (Wildman–Crippen MR) is 104 cm³/mol. The molecule has 3 rings (SSSR count). The van der Waals surface area contributed by atoms with Crippen LogP contribution in [0.1, 0.15) is 35.3 Å². The average molecular weight is 399 g/mol. The molecule has 1 aliphatic rings. The summed E-state index contributed by atoms with van der Waals surface area (Å²) in [5, 5.41) is 21.2. The molecule has 0 saturated heterocycles. The summed E-state index contributed by atoms with van der Waals surface area (Å²) in [5.41, 5.74) is -1.05. The van der Waals surface area contributed by atoms with Gasteiger partial charge in [0.25, 0.3) is 5.91 Å². The molecule has 0 aliphatic carbocycles. The van der Waals surface area contributed by atoms with Crippen molar-refractivity contribution < 1.29 is 28.9 Å². The molecule has 0 bridgehead atoms. The van der Waals surface area contributed by atoms with E-state index in [9.17, 15) is 19.1 Å². The summed E-state index contributed by atoms with van der Waals surface area (Å²) in [4.78, 5) is 25.8. The van der Waals surface area contributed by atoms with Gasteiger partial charge in [-0.25, -0.2) is 9.18 Å². The zero-order chi connectivity index (χ0) is 21.3. The average Bonchev–Trinajstić information content (AvgIpc) is 2.68. The van der Waals surface area contributed by atoms with Gasteiger partial charge in [0.2, 0.25) is 0 Å². The molecule has 0 radical (unpaired) electrons. The van der Waals surface area contributed by atoms with Gasteiger partial charge in [0.15, 0.2) is 0 Å². The maximum Gasteiger partial charge on any atom is 0.328 e. The van der Waals surface area contributed by atoms with E-state index in [1.54, 1.807) is 38.1 Å². The summed E-state index contributed by atoms with van der Waals surface area (Å²) >= 11 is 0. The van der Waals surface area contributed by atoms with Crippen LogP contribution in [-0.2, 0) is 10.4 Å². The molecule has 0 saturated carbocycles. The minimum atomic E-state index is -1.86. The number of aliphatic carboxylic acids is 1. The molecule has 152 valence electrons. The van der Waals surface area contributed by atoms with E-state index >= 15 is 0 Å². The van der Waals surface area contributed by atoms with Crippen LogP contribution in [0.15, 0.2) is 54.6 Å². The fraction of sp³-hybridized carbons (Fsp3) is 0.273. The largest absolute Gasteiger partial charge is 0.496 e. The van der Waals surface area contributed by atoms with E-state index in [4.69, 9.17) is 9.84 Å². The Hall–Kier alpha value is -3.19. The molecule has 2 atom stereocenters. The van der Waals surface area contributed by atoms with E-state index in [-0.39, 0.29) is 28.8 Å². The molecular formula is C22H22FNO5. The standard InChI is InChI=1S/C22H22FNO5/c1-13(2)24-19(10-11-20(25)26)22(28,16-7-5-4-6-15(16)21(24)27)17-9-8-14(23)12-18(17)29-3/h4-13,19,28H,1-3H3,(H,25,26). The third-order valence-corrected chi connectivity index (χ3v) is 5.08. The second kappa shape index (κ2) is 7.67. The lowest BCUT2D eigenvalue weighted by atomic mass is 9.73. The summed E-state index contributed by atoms with van der Waals surface area (Å²) < 4.78 is 19.1. The fourth-order valence-corrected chi connectivity index (χ4v) is 3.87. The van der Waals surface area contributed by atoms with Crippen molar-refractivity contribution in [3.63, 3.8) is 0 Å². The van der Waals surface area contributed by atoms with Gasteiger partial charge in [0.05, 0.1) is 13.2 Å². The first kappa shape index (κ1) is 20.5. The van der Waals surface area contributed by atoms with E-state index < -0.39 is 23.4 Å². The molecule has 7 heteroatoms. The van der Waals surface area contributed by atoms with E-state index in [1.807, 2.05) is 0 Å². The second-order valence-electron chi connectivity index (χ2n) is 7.10. The Balaban J connectivity index is 2.39. The zero-order valence-electron chi connectivity index (χ0n) is 16.3. The quantitative estimate of drug-likeness (QED) is 0.755. The first-order valence-corrected chi connectivity index (χ1v) is 9.11. The third kappa shape index (κ3) is 3.38. The lowest BCUT2D eigenvalue weighted by Gasteiger charge is -2.48. The first-order chi connectivity index (χ1) is 13.7. The van der Waals surface area contributed by atoms with Crippen LogP contribution in [0.4, 0.5) is 4.39 Å². The number of methoxy groups -OCH3 is 1. The minimum Gasteiger partial charge on any atom is -0.496 e. The number of fused-ring (bicyclic) bond motifs is 1. The highest BCUT2D eigenvalue weighted by atomic mass is 19.1. The number of carbonyl (C=O) groups is 2. The Bertz CT molecular complexity index is 987. The number of hydrogen-bond acceptors (Lipinski definition) is 4. The Morgan fingerprint density at radius 2 is 1.93 bits per heavy atom. The minimum absolute atomic E-state index is 0.0917. The summed E-state index contributed by atoms with van der Waals surface area (Å²) in [6, 6.07) is 8.89. The molecule has 1 heterocycles. The Morgan fingerprint density at radius 3 is 2.55 bits per heavy atom. The van der Waals surface area contributed by atoms with Gasteiger partial charge in [-0.05, 0) is 32.0 Å². The maximum absolute atomic E-state index is 13.8. The Morgan fingerprint density at radius 1 is 1.24 bits per heavy atom. The summed E-state index contributed by atoms with van der Waals surface area (Å²) in [6.45, 7) is 3.55. The lowest BCUT2D eigenvalue weighted by molar-refractivity contribution is -0.131. The SMILES string of the molecule is COc1cc(F)ccc1C1(O)c2ccccc2C(=O)N(C(C)C)C1C=CC(=O)O. The van der Waals surface area contributed by atoms with Gasteiger partial charge >= 0.3 is 5.97 Å². The number of amides is 1. The molecule has 0 spiro atoms. The van der Waals surface area contributed by atoms with Crippen LogP contribution in [-0.4, -0.2) is 46.2 Å². The third-order valence-electron chi connectivity index (χ3n) is 5.08. The molecule has 0 fully saturated rings. The normalized spacial score (nSPS) is 21.5. The van der Waals surface area contributed by atoms with Crippen molar-refractivity contribution in [1.82, 2.24) is 4.90 Å².